The number of Topliss-reactive ketones (excluding diaryl/α,β-unsaturated/α-hetero) is 12. The third-order valence-electron chi connectivity index (χ3n) is 25.3. The molecular formula is C113H108Br2F4O14. The van der Waals surface area contributed by atoms with Crippen LogP contribution in [0, 0.1) is 202 Å². The molecule has 0 aliphatic heterocycles. The zero-order valence-corrected chi connectivity index (χ0v) is 80.8. The van der Waals surface area contributed by atoms with Gasteiger partial charge in [-0.1, -0.05) is 123 Å². The summed E-state index contributed by atoms with van der Waals surface area (Å²) in [6.07, 6.45) is 31.0. The molecule has 133 heavy (non-hydrogen) atoms. The molecule has 14 rings (SSSR count). The molecule has 12 unspecified atom stereocenters. The second-order valence-corrected chi connectivity index (χ2v) is 36.7. The molecule has 0 N–H and O–H groups in total. The summed E-state index contributed by atoms with van der Waals surface area (Å²) >= 11 is 6.89. The fourth-order valence-electron chi connectivity index (χ4n) is 19.1. The zero-order valence-electron chi connectivity index (χ0n) is 77.6. The second-order valence-electron chi connectivity index (χ2n) is 35.0. The van der Waals surface area contributed by atoms with Gasteiger partial charge in [-0.3, -0.25) is 57.5 Å². The largest absolute Gasteiger partial charge is 0.496 e. The minimum absolute atomic E-state index is 0.00121. The molecule has 6 aliphatic carbocycles. The highest BCUT2D eigenvalue weighted by atomic mass is 79.9. The average molecular weight is 1930 g/mol. The third-order valence-corrected chi connectivity index (χ3v) is 26.7. The number of ketones is 12. The second kappa shape index (κ2) is 46.2. The Morgan fingerprint density at radius 3 is 0.940 bits per heavy atom. The highest BCUT2D eigenvalue weighted by Gasteiger charge is 2.49. The molecule has 14 nitrogen and oxygen atoms in total. The van der Waals surface area contributed by atoms with Crippen molar-refractivity contribution in [2.75, 3.05) is 14.2 Å². The van der Waals surface area contributed by atoms with Gasteiger partial charge in [0.25, 0.3) is 0 Å². The molecule has 0 spiro atoms. The number of terminal acetylenes is 5. The maximum Gasteiger partial charge on any atom is 0.152 e. The smallest absolute Gasteiger partial charge is 0.152 e. The lowest BCUT2D eigenvalue weighted by molar-refractivity contribution is -0.126. The van der Waals surface area contributed by atoms with Gasteiger partial charge >= 0.3 is 0 Å². The number of ether oxygens (including phenoxy) is 2. The van der Waals surface area contributed by atoms with Crippen LogP contribution < -0.4 is 9.47 Å². The Morgan fingerprint density at radius 2 is 0.617 bits per heavy atom. The van der Waals surface area contributed by atoms with E-state index in [-0.39, 0.29) is 153 Å². The van der Waals surface area contributed by atoms with Crippen LogP contribution in [0.2, 0.25) is 0 Å². The Kier molecular flexibility index (Phi) is 36.2. The van der Waals surface area contributed by atoms with E-state index in [1.165, 1.54) is 50.1 Å². The summed E-state index contributed by atoms with van der Waals surface area (Å²) in [6.45, 7) is 25.2. The van der Waals surface area contributed by atoms with E-state index in [4.69, 9.17) is 41.6 Å². The fraction of sp³-hybridized carbons (Fsp3) is 0.363. The number of hydrogen-bond acceptors (Lipinski definition) is 14. The molecule has 20 heteroatoms. The SMILES string of the molecule is C#CCC1CC(=O)C(c2c(Br)cc(C)cc2Br)C1=O.C#CCC1CC(=O)C(c2c(C)cc(C)cc2C)C1=O.C#CCC1CC(=O)C(c2c(CC)cc(C)cc2CC)C1=O.C#CCC1CC(=O)C(c2c(F)cc(-c3ccc(C)c(F)c3)cc2OC)C1=O.C#CCC1CC(=O)C(c2c(F)cc(-c3ccc(C)cc3F)cc2OC)C1=O.CC#CCC1CC(=O)C(c2c(C)cc(C)cc2C)C1=O. The van der Waals surface area contributed by atoms with Gasteiger partial charge in [-0.05, 0) is 227 Å². The van der Waals surface area contributed by atoms with E-state index in [1.54, 1.807) is 45.0 Å². The molecule has 8 aromatic rings. The zero-order chi connectivity index (χ0) is 98.2. The van der Waals surface area contributed by atoms with Crippen molar-refractivity contribution in [2.45, 2.75) is 215 Å². The van der Waals surface area contributed by atoms with E-state index >= 15 is 0 Å². The molecule has 8 aromatic carbocycles. The van der Waals surface area contributed by atoms with Crippen LogP contribution in [0.1, 0.15) is 233 Å². The van der Waals surface area contributed by atoms with Gasteiger partial charge in [0.1, 0.15) is 105 Å². The molecule has 6 aliphatic rings. The first-order valence-corrected chi connectivity index (χ1v) is 45.7. The van der Waals surface area contributed by atoms with E-state index in [0.717, 1.165) is 106 Å². The van der Waals surface area contributed by atoms with Crippen LogP contribution in [0.25, 0.3) is 22.3 Å². The molecule has 6 saturated carbocycles. The van der Waals surface area contributed by atoms with E-state index in [1.807, 2.05) is 84.9 Å². The van der Waals surface area contributed by atoms with Crippen LogP contribution in [0.3, 0.4) is 0 Å². The summed E-state index contributed by atoms with van der Waals surface area (Å²) in [5.74, 6) is 6.97. The van der Waals surface area contributed by atoms with E-state index in [2.05, 4.69) is 106 Å². The summed E-state index contributed by atoms with van der Waals surface area (Å²) in [4.78, 5) is 149. The van der Waals surface area contributed by atoms with Gasteiger partial charge in [0.2, 0.25) is 0 Å². The number of carbonyl (C=O) groups is 12. The van der Waals surface area contributed by atoms with Crippen molar-refractivity contribution >= 4 is 101 Å². The molecule has 0 radical (unpaired) electrons. The predicted octanol–water partition coefficient (Wildman–Crippen LogP) is 21.7. The molecule has 0 aromatic heterocycles. The molecule has 686 valence electrons. The number of carbonyl (C=O) groups excluding carboxylic acids is 12. The predicted molar refractivity (Wildman–Crippen MR) is 514 cm³/mol. The summed E-state index contributed by atoms with van der Waals surface area (Å²) < 4.78 is 70.1. The van der Waals surface area contributed by atoms with Crippen LogP contribution in [0.15, 0.2) is 118 Å². The molecular weight excluding hydrogens is 1820 g/mol. The molecule has 0 bridgehead atoms. The van der Waals surface area contributed by atoms with Crippen molar-refractivity contribution in [1.82, 2.24) is 0 Å². The van der Waals surface area contributed by atoms with Gasteiger partial charge in [-0.25, -0.2) is 17.6 Å². The van der Waals surface area contributed by atoms with Gasteiger partial charge in [0, 0.05) is 138 Å². The molecule has 0 amide bonds. The maximum absolute atomic E-state index is 15.0. The van der Waals surface area contributed by atoms with E-state index in [0.29, 0.717) is 61.6 Å². The Balaban J connectivity index is 0.000000181. The third kappa shape index (κ3) is 23.6. The monoisotopic (exact) mass is 1920 g/mol. The standard InChI is InChI=1S/2C22H18F2O3.C19H22O2.C18H20O2.C17H18O2.C15H12Br2O2/c1-4-5-14-10-18(25)21(22(14)26)20-17(24)9-15(11-19(20)27-3)13-7-6-12(2)16(23)8-13;1-4-5-13-10-18(25)21(22(13)26)20-17(24)9-14(11-19(20)27-3)15-7-6-12(2)8-16(15)23;1-5-8-15-11-16(20)18(19(15)21)17-13(6-2)9-12(4)10-14(17)7-3;1-5-6-7-14-10-15(19)17(18(14)20)16-12(3)8-11(2)9-13(16)4;1-5-6-13-9-14(18)16(17(13)19)15-11(3)7-10(2)8-12(15)4;1-3-4-9-7-12(18)14(15(9)19)13-10(16)5-8(2)6-11(13)17/h1,6-9,11,14,21H,5,10H2,2-3H3;1,6-9,11,13,21H,5,10H2,2-3H3;1,9-10,15,18H,6-8,11H2,2-4H3;8-9,14,17H,7,10H2,1-4H3;1,7-8,13,16H,6,9H2,2-4H3;1,5-6,9,14H,4,7H2,2H3. The Hall–Kier alpha value is -12.6. The van der Waals surface area contributed by atoms with Crippen molar-refractivity contribution in [2.24, 2.45) is 35.5 Å². The Labute approximate surface area is 794 Å². The van der Waals surface area contributed by atoms with Gasteiger partial charge in [-0.2, -0.15) is 0 Å². The summed E-state index contributed by atoms with van der Waals surface area (Å²) in [6, 6.07) is 30.6. The minimum Gasteiger partial charge on any atom is -0.496 e. The molecule has 12 atom stereocenters. The van der Waals surface area contributed by atoms with Crippen LogP contribution in [0.4, 0.5) is 17.6 Å². The number of benzene rings is 8. The Morgan fingerprint density at radius 1 is 0.316 bits per heavy atom. The molecule has 6 fully saturated rings. The van der Waals surface area contributed by atoms with Crippen LogP contribution >= 0.6 is 31.9 Å². The van der Waals surface area contributed by atoms with Crippen LogP contribution in [-0.4, -0.2) is 83.6 Å². The topological polar surface area (TPSA) is 223 Å². The summed E-state index contributed by atoms with van der Waals surface area (Å²) in [5, 5.41) is 0. The van der Waals surface area contributed by atoms with Crippen molar-refractivity contribution in [1.29, 1.82) is 0 Å². The lowest BCUT2D eigenvalue weighted by Crippen LogP contribution is -2.19. The summed E-state index contributed by atoms with van der Waals surface area (Å²) in [7, 11) is 2.65. The number of rotatable bonds is 18. The van der Waals surface area contributed by atoms with Crippen LogP contribution in [-0.2, 0) is 70.4 Å². The Bertz CT molecular complexity index is 6130. The van der Waals surface area contributed by atoms with Crippen molar-refractivity contribution in [3.05, 3.63) is 242 Å². The van der Waals surface area contributed by atoms with Crippen LogP contribution in [0.5, 0.6) is 11.5 Å². The first-order valence-electron chi connectivity index (χ1n) is 44.1. The highest BCUT2D eigenvalue weighted by molar-refractivity contribution is 9.11. The van der Waals surface area contributed by atoms with Crippen molar-refractivity contribution in [3.8, 4) is 107 Å². The van der Waals surface area contributed by atoms with E-state index < -0.39 is 76.4 Å². The summed E-state index contributed by atoms with van der Waals surface area (Å²) in [5.41, 5.74) is 16.8. The number of methoxy groups -OCH3 is 2. The number of halogens is 6. The normalized spacial score (nSPS) is 21.0. The van der Waals surface area contributed by atoms with Crippen molar-refractivity contribution in [3.63, 3.8) is 0 Å². The minimum atomic E-state index is -1.24. The van der Waals surface area contributed by atoms with Crippen molar-refractivity contribution < 1.29 is 84.6 Å². The van der Waals surface area contributed by atoms with Gasteiger partial charge in [-0.15, -0.1) is 73.6 Å². The quantitative estimate of drug-likeness (QED) is 0.0443. The van der Waals surface area contributed by atoms with Gasteiger partial charge < -0.3 is 9.47 Å². The average Bonchev–Trinajstić information content (AvgIpc) is 1.71. The fourth-order valence-corrected chi connectivity index (χ4v) is 21.0. The van der Waals surface area contributed by atoms with Gasteiger partial charge in [0.15, 0.2) is 34.7 Å². The first kappa shape index (κ1) is 104. The molecule has 0 saturated heterocycles. The van der Waals surface area contributed by atoms with E-state index in [9.17, 15) is 75.1 Å². The molecule has 0 heterocycles. The lowest BCUT2D eigenvalue weighted by Gasteiger charge is -2.19. The number of hydrogen-bond donors (Lipinski definition) is 0. The first-order chi connectivity index (χ1) is 63.1. The highest BCUT2D eigenvalue weighted by Crippen LogP contribution is 2.48. The maximum atomic E-state index is 15.0. The van der Waals surface area contributed by atoms with Gasteiger partial charge in [0.05, 0.1) is 14.2 Å². The number of aryl methyl sites for hydroxylation is 12. The lowest BCUT2D eigenvalue weighted by atomic mass is 9.84.